The maximum atomic E-state index is 13.1. The second-order valence-corrected chi connectivity index (χ2v) is 8.63. The first kappa shape index (κ1) is 16.9. The molecule has 2 amide bonds. The number of benzene rings is 1. The molecule has 0 unspecified atom stereocenters. The Hall–Kier alpha value is -1.55. The number of ether oxygens (including phenoxy) is 1. The van der Waals surface area contributed by atoms with E-state index in [4.69, 9.17) is 4.74 Å². The number of likely N-dealkylation sites (tertiary alicyclic amines) is 1. The Morgan fingerprint density at radius 1 is 1.28 bits per heavy atom. The standard InChI is InChI=1S/C21H30N2O2/c1-13-7-5-8-15(14(13)2)17-9-6-11-23(17)20(24)22-18-16-10-12-25-19(16)21(18,3)4/h5,7-8,16-19H,6,9-12H2,1-4H3,(H,22,24)/t16-,17-,18+,19-/m0/s1. The van der Waals surface area contributed by atoms with Gasteiger partial charge in [-0.15, -0.1) is 0 Å². The Morgan fingerprint density at radius 3 is 2.88 bits per heavy atom. The number of carbonyl (C=O) groups excluding carboxylic acids is 1. The maximum Gasteiger partial charge on any atom is 0.318 e. The third-order valence-electron chi connectivity index (χ3n) is 6.90. The van der Waals surface area contributed by atoms with E-state index in [0.717, 1.165) is 32.4 Å². The second-order valence-electron chi connectivity index (χ2n) is 8.63. The van der Waals surface area contributed by atoms with Crippen LogP contribution >= 0.6 is 0 Å². The molecule has 3 aliphatic rings. The number of nitrogens with one attached hydrogen (secondary N) is 1. The summed E-state index contributed by atoms with van der Waals surface area (Å²) in [6, 6.07) is 6.99. The van der Waals surface area contributed by atoms with Crippen molar-refractivity contribution < 1.29 is 9.53 Å². The molecule has 0 aromatic heterocycles. The smallest absolute Gasteiger partial charge is 0.318 e. The van der Waals surface area contributed by atoms with E-state index < -0.39 is 0 Å². The van der Waals surface area contributed by atoms with E-state index in [1.165, 1.54) is 16.7 Å². The molecule has 1 aromatic rings. The third-order valence-corrected chi connectivity index (χ3v) is 6.90. The van der Waals surface area contributed by atoms with E-state index in [1.54, 1.807) is 0 Å². The van der Waals surface area contributed by atoms with E-state index in [9.17, 15) is 4.79 Å². The van der Waals surface area contributed by atoms with Gasteiger partial charge in [-0.2, -0.15) is 0 Å². The van der Waals surface area contributed by atoms with Crippen molar-refractivity contribution in [2.24, 2.45) is 11.3 Å². The molecular formula is C21H30N2O2. The van der Waals surface area contributed by atoms with Gasteiger partial charge >= 0.3 is 6.03 Å². The number of carbonyl (C=O) groups is 1. The molecule has 1 saturated carbocycles. The molecule has 0 radical (unpaired) electrons. The van der Waals surface area contributed by atoms with Gasteiger partial charge in [0.05, 0.1) is 12.1 Å². The molecule has 2 aliphatic heterocycles. The van der Waals surface area contributed by atoms with Crippen LogP contribution in [-0.2, 0) is 4.74 Å². The number of fused-ring (bicyclic) bond motifs is 1. The van der Waals surface area contributed by atoms with Gasteiger partial charge in [-0.25, -0.2) is 4.79 Å². The fourth-order valence-corrected chi connectivity index (χ4v) is 5.30. The van der Waals surface area contributed by atoms with Crippen molar-refractivity contribution in [1.82, 2.24) is 10.2 Å². The van der Waals surface area contributed by atoms with Crippen LogP contribution in [0.5, 0.6) is 0 Å². The lowest BCUT2D eigenvalue weighted by atomic mass is 9.57. The van der Waals surface area contributed by atoms with E-state index in [-0.39, 0.29) is 23.5 Å². The molecular weight excluding hydrogens is 312 g/mol. The minimum Gasteiger partial charge on any atom is -0.377 e. The monoisotopic (exact) mass is 342 g/mol. The Kier molecular flexibility index (Phi) is 4.06. The first-order chi connectivity index (χ1) is 11.9. The Morgan fingerprint density at radius 2 is 2.08 bits per heavy atom. The predicted octanol–water partition coefficient (Wildman–Crippen LogP) is 3.96. The summed E-state index contributed by atoms with van der Waals surface area (Å²) in [6.45, 7) is 10.4. The van der Waals surface area contributed by atoms with Gasteiger partial charge in [0, 0.05) is 30.5 Å². The SMILES string of the molecule is Cc1cccc([C@@H]2CCCN2C(=O)N[C@@H]2[C@@H]3CCO[C@@H]3C2(C)C)c1C. The van der Waals surface area contributed by atoms with Crippen molar-refractivity contribution in [2.75, 3.05) is 13.2 Å². The van der Waals surface area contributed by atoms with Crippen LogP contribution < -0.4 is 5.32 Å². The molecule has 4 nitrogen and oxygen atoms in total. The van der Waals surface area contributed by atoms with Crippen LogP contribution in [0.25, 0.3) is 0 Å². The van der Waals surface area contributed by atoms with Crippen LogP contribution in [0, 0.1) is 25.2 Å². The highest BCUT2D eigenvalue weighted by Crippen LogP contribution is 2.52. The lowest BCUT2D eigenvalue weighted by Gasteiger charge is -2.54. The molecule has 4 rings (SSSR count). The minimum atomic E-state index is 0.0330. The number of amides is 2. The fourth-order valence-electron chi connectivity index (χ4n) is 5.30. The molecule has 0 spiro atoms. The zero-order valence-electron chi connectivity index (χ0n) is 15.8. The normalized spacial score (nSPS) is 33.0. The molecule has 1 aliphatic carbocycles. The van der Waals surface area contributed by atoms with Gasteiger partial charge in [0.15, 0.2) is 0 Å². The molecule has 2 heterocycles. The number of aryl methyl sites for hydroxylation is 1. The van der Waals surface area contributed by atoms with E-state index in [1.807, 2.05) is 0 Å². The van der Waals surface area contributed by atoms with Gasteiger partial charge in [-0.3, -0.25) is 0 Å². The molecule has 4 atom stereocenters. The van der Waals surface area contributed by atoms with Crippen LogP contribution in [0.1, 0.15) is 55.8 Å². The zero-order chi connectivity index (χ0) is 17.8. The Balaban J connectivity index is 1.51. The molecule has 1 N–H and O–H groups in total. The summed E-state index contributed by atoms with van der Waals surface area (Å²) in [5.41, 5.74) is 3.96. The van der Waals surface area contributed by atoms with Gasteiger partial charge in [-0.05, 0) is 49.8 Å². The molecule has 25 heavy (non-hydrogen) atoms. The van der Waals surface area contributed by atoms with Crippen molar-refractivity contribution in [3.05, 3.63) is 34.9 Å². The average molecular weight is 342 g/mol. The first-order valence-electron chi connectivity index (χ1n) is 9.66. The van der Waals surface area contributed by atoms with Crippen molar-refractivity contribution in [2.45, 2.75) is 65.1 Å². The van der Waals surface area contributed by atoms with Gasteiger partial charge in [-0.1, -0.05) is 32.0 Å². The summed E-state index contributed by atoms with van der Waals surface area (Å²) >= 11 is 0. The molecule has 136 valence electrons. The topological polar surface area (TPSA) is 41.6 Å². The number of urea groups is 1. The lowest BCUT2D eigenvalue weighted by molar-refractivity contribution is -0.109. The zero-order valence-corrected chi connectivity index (χ0v) is 15.8. The second kappa shape index (κ2) is 6.01. The van der Waals surface area contributed by atoms with E-state index in [2.05, 4.69) is 56.1 Å². The summed E-state index contributed by atoms with van der Waals surface area (Å²) in [6.07, 6.45) is 3.51. The minimum absolute atomic E-state index is 0.0330. The highest BCUT2D eigenvalue weighted by atomic mass is 16.5. The Bertz CT molecular complexity index is 684. The molecule has 1 aromatic carbocycles. The van der Waals surface area contributed by atoms with Crippen molar-refractivity contribution in [1.29, 1.82) is 0 Å². The molecule has 2 saturated heterocycles. The number of hydrogen-bond donors (Lipinski definition) is 1. The average Bonchev–Trinajstić information content (AvgIpc) is 3.23. The first-order valence-corrected chi connectivity index (χ1v) is 9.66. The lowest BCUT2D eigenvalue weighted by Crippen LogP contribution is -2.67. The predicted molar refractivity (Wildman–Crippen MR) is 98.5 cm³/mol. The summed E-state index contributed by atoms with van der Waals surface area (Å²) in [5, 5.41) is 3.36. The highest BCUT2D eigenvalue weighted by molar-refractivity contribution is 5.76. The Labute approximate surface area is 150 Å². The van der Waals surface area contributed by atoms with Crippen LogP contribution in [0.4, 0.5) is 4.79 Å². The van der Waals surface area contributed by atoms with Gasteiger partial charge in [0.2, 0.25) is 0 Å². The van der Waals surface area contributed by atoms with Gasteiger partial charge < -0.3 is 15.0 Å². The van der Waals surface area contributed by atoms with E-state index >= 15 is 0 Å². The van der Waals surface area contributed by atoms with Crippen LogP contribution in [0.3, 0.4) is 0 Å². The van der Waals surface area contributed by atoms with E-state index in [0.29, 0.717) is 12.0 Å². The van der Waals surface area contributed by atoms with Gasteiger partial charge in [0.1, 0.15) is 0 Å². The summed E-state index contributed by atoms with van der Waals surface area (Å²) in [4.78, 5) is 15.1. The molecule has 4 heteroatoms. The highest BCUT2D eigenvalue weighted by Gasteiger charge is 2.60. The fraction of sp³-hybridized carbons (Fsp3) is 0.667. The van der Waals surface area contributed by atoms with Crippen LogP contribution in [0.15, 0.2) is 18.2 Å². The summed E-state index contributed by atoms with van der Waals surface area (Å²) < 4.78 is 5.86. The van der Waals surface area contributed by atoms with Crippen LogP contribution in [0.2, 0.25) is 0 Å². The number of rotatable bonds is 2. The number of hydrogen-bond acceptors (Lipinski definition) is 2. The summed E-state index contributed by atoms with van der Waals surface area (Å²) in [5.74, 6) is 0.487. The quantitative estimate of drug-likeness (QED) is 0.884. The van der Waals surface area contributed by atoms with Crippen LogP contribution in [-0.4, -0.2) is 36.2 Å². The summed E-state index contributed by atoms with van der Waals surface area (Å²) in [7, 11) is 0. The molecule has 3 fully saturated rings. The van der Waals surface area contributed by atoms with Crippen molar-refractivity contribution >= 4 is 6.03 Å². The maximum absolute atomic E-state index is 13.1. The number of nitrogens with zero attached hydrogens (tertiary/aromatic N) is 1. The van der Waals surface area contributed by atoms with Crippen molar-refractivity contribution in [3.63, 3.8) is 0 Å². The largest absolute Gasteiger partial charge is 0.377 e. The molecule has 0 bridgehead atoms. The van der Waals surface area contributed by atoms with Gasteiger partial charge in [0.25, 0.3) is 0 Å². The van der Waals surface area contributed by atoms with Crippen molar-refractivity contribution in [3.8, 4) is 0 Å². The third kappa shape index (κ3) is 2.57.